The van der Waals surface area contributed by atoms with Crippen LogP contribution in [-0.4, -0.2) is 71.3 Å². The molecule has 1 atom stereocenters. The average Bonchev–Trinajstić information content (AvgIpc) is 3.41. The third kappa shape index (κ3) is 4.48. The van der Waals surface area contributed by atoms with Crippen molar-refractivity contribution in [2.45, 2.75) is 13.0 Å². The van der Waals surface area contributed by atoms with Crippen LogP contribution in [0, 0.1) is 5.92 Å². The SMILES string of the molecule is O=C(NCc1ccccc1-n1ccnc1)N1CCN(CC2CCOC2)CC1. The van der Waals surface area contributed by atoms with Gasteiger partial charge in [-0.3, -0.25) is 4.90 Å². The van der Waals surface area contributed by atoms with Gasteiger partial charge in [-0.2, -0.15) is 0 Å². The lowest BCUT2D eigenvalue weighted by molar-refractivity contribution is 0.119. The molecule has 2 amide bonds. The zero-order valence-electron chi connectivity index (χ0n) is 15.6. The minimum absolute atomic E-state index is 0.0132. The number of rotatable bonds is 5. The molecule has 0 saturated carbocycles. The normalized spacial score (nSPS) is 20.7. The number of urea groups is 1. The van der Waals surface area contributed by atoms with Crippen LogP contribution in [0.2, 0.25) is 0 Å². The minimum atomic E-state index is 0.0132. The summed E-state index contributed by atoms with van der Waals surface area (Å²) in [6.07, 6.45) is 6.61. The topological polar surface area (TPSA) is 62.6 Å². The van der Waals surface area contributed by atoms with E-state index in [1.54, 1.807) is 12.5 Å². The highest BCUT2D eigenvalue weighted by Gasteiger charge is 2.24. The molecule has 144 valence electrons. The number of carbonyl (C=O) groups excluding carboxylic acids is 1. The van der Waals surface area contributed by atoms with E-state index in [0.29, 0.717) is 12.5 Å². The van der Waals surface area contributed by atoms with Crippen LogP contribution >= 0.6 is 0 Å². The van der Waals surface area contributed by atoms with Gasteiger partial charge in [-0.05, 0) is 24.0 Å². The van der Waals surface area contributed by atoms with Gasteiger partial charge in [0.15, 0.2) is 0 Å². The summed E-state index contributed by atoms with van der Waals surface area (Å²) >= 11 is 0. The van der Waals surface area contributed by atoms with Crippen molar-refractivity contribution in [3.05, 3.63) is 48.5 Å². The van der Waals surface area contributed by atoms with Gasteiger partial charge in [0.05, 0.1) is 18.6 Å². The Morgan fingerprint density at radius 2 is 2.07 bits per heavy atom. The van der Waals surface area contributed by atoms with Crippen molar-refractivity contribution in [2.24, 2.45) is 5.92 Å². The van der Waals surface area contributed by atoms with Gasteiger partial charge < -0.3 is 19.5 Å². The van der Waals surface area contributed by atoms with Crippen molar-refractivity contribution in [2.75, 3.05) is 45.9 Å². The number of aromatic nitrogens is 2. The van der Waals surface area contributed by atoms with Gasteiger partial charge >= 0.3 is 6.03 Å². The molecule has 1 N–H and O–H groups in total. The molecule has 4 rings (SSSR count). The molecule has 7 nitrogen and oxygen atoms in total. The van der Waals surface area contributed by atoms with Crippen molar-refractivity contribution in [3.63, 3.8) is 0 Å². The number of carbonyl (C=O) groups is 1. The lowest BCUT2D eigenvalue weighted by atomic mass is 10.1. The lowest BCUT2D eigenvalue weighted by Gasteiger charge is -2.35. The highest BCUT2D eigenvalue weighted by Crippen LogP contribution is 2.16. The van der Waals surface area contributed by atoms with Crippen molar-refractivity contribution < 1.29 is 9.53 Å². The Bertz CT molecular complexity index is 735. The standard InChI is InChI=1S/C20H27N5O2/c26-20(24-10-8-23(9-11-24)14-17-5-12-27-15-17)22-13-18-3-1-2-4-19(18)25-7-6-21-16-25/h1-4,6-7,16-17H,5,8-15H2,(H,22,26). The highest BCUT2D eigenvalue weighted by atomic mass is 16.5. The van der Waals surface area contributed by atoms with Crippen molar-refractivity contribution in [3.8, 4) is 5.69 Å². The lowest BCUT2D eigenvalue weighted by Crippen LogP contribution is -2.52. The largest absolute Gasteiger partial charge is 0.381 e. The van der Waals surface area contributed by atoms with Crippen molar-refractivity contribution in [1.29, 1.82) is 0 Å². The predicted molar refractivity (Wildman–Crippen MR) is 103 cm³/mol. The van der Waals surface area contributed by atoms with E-state index in [0.717, 1.165) is 63.6 Å². The van der Waals surface area contributed by atoms with Crippen LogP contribution in [0.15, 0.2) is 43.0 Å². The molecular weight excluding hydrogens is 342 g/mol. The van der Waals surface area contributed by atoms with E-state index in [-0.39, 0.29) is 6.03 Å². The van der Waals surface area contributed by atoms with Gasteiger partial charge in [-0.15, -0.1) is 0 Å². The molecule has 1 aromatic heterocycles. The second-order valence-corrected chi connectivity index (χ2v) is 7.27. The van der Waals surface area contributed by atoms with E-state index in [4.69, 9.17) is 4.74 Å². The summed E-state index contributed by atoms with van der Waals surface area (Å²) < 4.78 is 7.43. The van der Waals surface area contributed by atoms with Gasteiger partial charge in [0.1, 0.15) is 0 Å². The number of nitrogens with zero attached hydrogens (tertiary/aromatic N) is 4. The molecule has 2 fully saturated rings. The van der Waals surface area contributed by atoms with Crippen LogP contribution in [0.5, 0.6) is 0 Å². The summed E-state index contributed by atoms with van der Waals surface area (Å²) in [7, 11) is 0. The summed E-state index contributed by atoms with van der Waals surface area (Å²) in [6.45, 7) is 6.82. The zero-order valence-corrected chi connectivity index (χ0v) is 15.6. The fourth-order valence-electron chi connectivity index (χ4n) is 3.82. The van der Waals surface area contributed by atoms with Gasteiger partial charge in [-0.1, -0.05) is 18.2 Å². The molecule has 0 aliphatic carbocycles. The number of benzene rings is 1. The van der Waals surface area contributed by atoms with Gasteiger partial charge in [0.2, 0.25) is 0 Å². The number of hydrogen-bond acceptors (Lipinski definition) is 4. The van der Waals surface area contributed by atoms with E-state index >= 15 is 0 Å². The number of amides is 2. The summed E-state index contributed by atoms with van der Waals surface area (Å²) in [5.74, 6) is 0.657. The molecule has 2 aliphatic heterocycles. The summed E-state index contributed by atoms with van der Waals surface area (Å²) in [5, 5.41) is 3.07. The Kier molecular flexibility index (Phi) is 5.69. The molecule has 1 unspecified atom stereocenters. The monoisotopic (exact) mass is 369 g/mol. The first kappa shape index (κ1) is 18.0. The molecule has 2 aliphatic rings. The van der Waals surface area contributed by atoms with E-state index in [2.05, 4.69) is 15.2 Å². The van der Waals surface area contributed by atoms with Crippen LogP contribution in [0.1, 0.15) is 12.0 Å². The predicted octanol–water partition coefficient (Wildman–Crippen LogP) is 1.74. The number of ether oxygens (including phenoxy) is 1. The minimum Gasteiger partial charge on any atom is -0.381 e. The Morgan fingerprint density at radius 3 is 2.81 bits per heavy atom. The molecule has 7 heteroatoms. The van der Waals surface area contributed by atoms with Crippen LogP contribution in [-0.2, 0) is 11.3 Å². The molecule has 1 aromatic carbocycles. The highest BCUT2D eigenvalue weighted by molar-refractivity contribution is 5.74. The Balaban J connectivity index is 1.27. The molecule has 2 aromatic rings. The number of piperazine rings is 1. The first-order valence-corrected chi connectivity index (χ1v) is 9.69. The molecule has 27 heavy (non-hydrogen) atoms. The maximum Gasteiger partial charge on any atom is 0.317 e. The second-order valence-electron chi connectivity index (χ2n) is 7.27. The van der Waals surface area contributed by atoms with Crippen molar-refractivity contribution in [1.82, 2.24) is 24.7 Å². The van der Waals surface area contributed by atoms with E-state index in [1.807, 2.05) is 39.9 Å². The number of nitrogens with one attached hydrogen (secondary N) is 1. The fraction of sp³-hybridized carbons (Fsp3) is 0.500. The van der Waals surface area contributed by atoms with Gasteiger partial charge in [-0.25, -0.2) is 9.78 Å². The average molecular weight is 369 g/mol. The first-order valence-electron chi connectivity index (χ1n) is 9.69. The van der Waals surface area contributed by atoms with Crippen LogP contribution < -0.4 is 5.32 Å². The molecule has 0 bridgehead atoms. The molecule has 0 spiro atoms. The number of imidazole rings is 1. The molecule has 0 radical (unpaired) electrons. The summed E-state index contributed by atoms with van der Waals surface area (Å²) in [6, 6.07) is 8.08. The van der Waals surface area contributed by atoms with E-state index in [9.17, 15) is 4.79 Å². The van der Waals surface area contributed by atoms with Crippen LogP contribution in [0.3, 0.4) is 0 Å². The van der Waals surface area contributed by atoms with Crippen molar-refractivity contribution >= 4 is 6.03 Å². The maximum atomic E-state index is 12.6. The van der Waals surface area contributed by atoms with Gasteiger partial charge in [0.25, 0.3) is 0 Å². The summed E-state index contributed by atoms with van der Waals surface area (Å²) in [5.41, 5.74) is 2.11. The smallest absolute Gasteiger partial charge is 0.317 e. The first-order chi connectivity index (χ1) is 13.3. The molecular formula is C20H27N5O2. The Morgan fingerprint density at radius 1 is 1.22 bits per heavy atom. The third-order valence-electron chi connectivity index (χ3n) is 5.40. The molecule has 3 heterocycles. The van der Waals surface area contributed by atoms with Crippen LogP contribution in [0.25, 0.3) is 5.69 Å². The summed E-state index contributed by atoms with van der Waals surface area (Å²) in [4.78, 5) is 21.1. The van der Waals surface area contributed by atoms with E-state index in [1.165, 1.54) is 0 Å². The number of para-hydroxylation sites is 1. The van der Waals surface area contributed by atoms with E-state index < -0.39 is 0 Å². The Labute approximate surface area is 159 Å². The molecule has 2 saturated heterocycles. The third-order valence-corrected chi connectivity index (χ3v) is 5.40. The number of hydrogen-bond donors (Lipinski definition) is 1. The Hall–Kier alpha value is -2.38. The van der Waals surface area contributed by atoms with Gasteiger partial charge in [0, 0.05) is 58.3 Å². The zero-order chi connectivity index (χ0) is 18.5. The second kappa shape index (κ2) is 8.54. The maximum absolute atomic E-state index is 12.6. The fourth-order valence-corrected chi connectivity index (χ4v) is 3.82. The quantitative estimate of drug-likeness (QED) is 0.872. The van der Waals surface area contributed by atoms with Crippen LogP contribution in [0.4, 0.5) is 4.79 Å².